The molecule has 2 heterocycles. The van der Waals surface area contributed by atoms with Crippen molar-refractivity contribution < 1.29 is 0 Å². The molecule has 4 aliphatic carbocycles. The van der Waals surface area contributed by atoms with Crippen LogP contribution in [0, 0.1) is 11.8 Å². The van der Waals surface area contributed by atoms with Gasteiger partial charge in [-0.2, -0.15) is 0 Å². The van der Waals surface area contributed by atoms with Gasteiger partial charge in [0.2, 0.25) is 0 Å². The van der Waals surface area contributed by atoms with Crippen LogP contribution in [0.15, 0.2) is 200 Å². The van der Waals surface area contributed by atoms with Crippen LogP contribution in [0.25, 0.3) is 61.6 Å². The van der Waals surface area contributed by atoms with Crippen molar-refractivity contribution in [1.29, 1.82) is 0 Å². The van der Waals surface area contributed by atoms with Crippen LogP contribution in [0.5, 0.6) is 0 Å². The Kier molecular flexibility index (Phi) is 8.58. The van der Waals surface area contributed by atoms with Crippen LogP contribution in [0.2, 0.25) is 0 Å². The van der Waals surface area contributed by atoms with Gasteiger partial charge in [0.1, 0.15) is 5.82 Å². The van der Waals surface area contributed by atoms with Crippen LogP contribution in [0.3, 0.4) is 0 Å². The molecule has 0 saturated heterocycles. The fourth-order valence-electron chi connectivity index (χ4n) is 9.70. The Labute approximate surface area is 339 Å². The minimum atomic E-state index is -0.000613. The maximum atomic E-state index is 5.43. The van der Waals surface area contributed by atoms with Gasteiger partial charge >= 0.3 is 0 Å². The zero-order chi connectivity index (χ0) is 38.4. The third-order valence-corrected chi connectivity index (χ3v) is 12.4. The van der Waals surface area contributed by atoms with Crippen LogP contribution in [0.1, 0.15) is 35.7 Å². The maximum Gasteiger partial charge on any atom is 0.136 e. The highest BCUT2D eigenvalue weighted by Crippen LogP contribution is 2.45. The lowest BCUT2D eigenvalue weighted by Gasteiger charge is -2.36. The van der Waals surface area contributed by atoms with E-state index < -0.39 is 0 Å². The van der Waals surface area contributed by atoms with Crippen molar-refractivity contribution in [2.45, 2.75) is 25.2 Å². The summed E-state index contributed by atoms with van der Waals surface area (Å²) in [6, 6.07) is 48.0. The van der Waals surface area contributed by atoms with E-state index in [1.165, 1.54) is 54.6 Å². The molecule has 0 fully saturated rings. The quantitative estimate of drug-likeness (QED) is 0.170. The van der Waals surface area contributed by atoms with Crippen molar-refractivity contribution in [2.24, 2.45) is 11.8 Å². The summed E-state index contributed by atoms with van der Waals surface area (Å²) < 4.78 is 0. The number of nitrogens with zero attached hydrogens (tertiary/aromatic N) is 3. The Hall–Kier alpha value is -6.97. The highest BCUT2D eigenvalue weighted by atomic mass is 14.9. The average Bonchev–Trinajstić information content (AvgIpc) is 3.30. The van der Waals surface area contributed by atoms with Crippen LogP contribution in [-0.2, 0) is 6.42 Å². The Morgan fingerprint density at radius 3 is 2.12 bits per heavy atom. The molecule has 3 atom stereocenters. The summed E-state index contributed by atoms with van der Waals surface area (Å²) in [5.41, 5.74) is 14.7. The Balaban J connectivity index is 1.05. The average molecular weight is 744 g/mol. The molecule has 2 aromatic heterocycles. The number of benzene rings is 5. The molecule has 0 bridgehead atoms. The van der Waals surface area contributed by atoms with Gasteiger partial charge in [-0.15, -0.1) is 0 Å². The lowest BCUT2D eigenvalue weighted by atomic mass is 9.67. The van der Waals surface area contributed by atoms with E-state index in [2.05, 4.69) is 181 Å². The Bertz CT molecular complexity index is 3050. The number of hydrogen-bond donors (Lipinski definition) is 0. The fourth-order valence-corrected chi connectivity index (χ4v) is 9.70. The molecule has 0 spiro atoms. The third-order valence-electron chi connectivity index (χ3n) is 12.4. The topological polar surface area (TPSA) is 38.7 Å². The van der Waals surface area contributed by atoms with E-state index >= 15 is 0 Å². The molecule has 58 heavy (non-hydrogen) atoms. The second kappa shape index (κ2) is 14.5. The van der Waals surface area contributed by atoms with E-state index in [0.717, 1.165) is 58.7 Å². The van der Waals surface area contributed by atoms with Gasteiger partial charge in [-0.3, -0.25) is 4.98 Å². The van der Waals surface area contributed by atoms with Crippen molar-refractivity contribution in [3.8, 4) is 33.6 Å². The maximum absolute atomic E-state index is 5.43. The van der Waals surface area contributed by atoms with Gasteiger partial charge in [-0.25, -0.2) is 9.97 Å². The predicted octanol–water partition coefficient (Wildman–Crippen LogP) is 11.4. The van der Waals surface area contributed by atoms with E-state index in [-0.39, 0.29) is 17.8 Å². The lowest BCUT2D eigenvalue weighted by molar-refractivity contribution is 0.665. The van der Waals surface area contributed by atoms with Crippen LogP contribution < -0.4 is 10.4 Å². The summed E-state index contributed by atoms with van der Waals surface area (Å²) >= 11 is 0. The smallest absolute Gasteiger partial charge is 0.136 e. The van der Waals surface area contributed by atoms with Gasteiger partial charge in [0.25, 0.3) is 0 Å². The summed E-state index contributed by atoms with van der Waals surface area (Å²) in [5.74, 6) is 1.34. The van der Waals surface area contributed by atoms with E-state index in [9.17, 15) is 0 Å². The molecule has 3 heteroatoms. The number of hydrogen-bond acceptors (Lipinski definition) is 3. The zero-order valence-corrected chi connectivity index (χ0v) is 32.2. The minimum Gasteiger partial charge on any atom is -0.264 e. The van der Waals surface area contributed by atoms with Gasteiger partial charge in [-0.1, -0.05) is 164 Å². The first-order chi connectivity index (χ1) is 28.7. The molecule has 0 radical (unpaired) electrons. The molecule has 7 aromatic rings. The Morgan fingerprint density at radius 1 is 0.534 bits per heavy atom. The van der Waals surface area contributed by atoms with Crippen molar-refractivity contribution in [2.75, 3.05) is 0 Å². The first kappa shape index (κ1) is 34.3. The largest absolute Gasteiger partial charge is 0.264 e. The van der Waals surface area contributed by atoms with E-state index in [0.29, 0.717) is 0 Å². The summed E-state index contributed by atoms with van der Waals surface area (Å²) in [7, 11) is 0. The van der Waals surface area contributed by atoms with Gasteiger partial charge in [0, 0.05) is 46.8 Å². The molecule has 0 aliphatic heterocycles. The SMILES string of the molecule is C1=CC(c2nc(-c3cccc(-c4cccnc4)c3)cc(-c3cccc4ccccc34)n2)CC(C2=c3ccccc3=C(C3=Cc4ccccc4CC3)C3C=CC=CC23)=C1. The Morgan fingerprint density at radius 2 is 1.26 bits per heavy atom. The normalized spacial score (nSPS) is 19.3. The molecule has 0 saturated carbocycles. The standard InChI is InChI=1S/C55H41N3/c1-2-15-38-32-42(29-28-36(38)13-1)54-49-25-7-5-23-47(49)53(48-24-6-8-26-50(48)54)41-19-10-20-43(33-41)55-57-51(40-18-9-17-39(31-40)44-21-12-30-56-35-44)34-52(58-55)46-27-11-16-37-14-3-4-22-45(37)46/h1-27,30-32,34-35,43,47,49H,28-29,33H2. The first-order valence-electron chi connectivity index (χ1n) is 20.5. The molecule has 3 nitrogen and oxygen atoms in total. The summed E-state index contributed by atoms with van der Waals surface area (Å²) in [5, 5.41) is 5.09. The second-order valence-electron chi connectivity index (χ2n) is 15.8. The summed E-state index contributed by atoms with van der Waals surface area (Å²) in [4.78, 5) is 15.2. The van der Waals surface area contributed by atoms with Crippen LogP contribution >= 0.6 is 0 Å². The monoisotopic (exact) mass is 743 g/mol. The molecular formula is C55H41N3. The van der Waals surface area contributed by atoms with E-state index in [4.69, 9.17) is 9.97 Å². The molecule has 5 aromatic carbocycles. The van der Waals surface area contributed by atoms with Gasteiger partial charge in [0.15, 0.2) is 0 Å². The predicted molar refractivity (Wildman–Crippen MR) is 239 cm³/mol. The molecular weight excluding hydrogens is 703 g/mol. The van der Waals surface area contributed by atoms with Crippen molar-refractivity contribution >= 4 is 28.0 Å². The number of fused-ring (bicyclic) bond motifs is 4. The van der Waals surface area contributed by atoms with Crippen molar-refractivity contribution in [1.82, 2.24) is 15.0 Å². The highest BCUT2D eigenvalue weighted by Gasteiger charge is 2.35. The van der Waals surface area contributed by atoms with Crippen LogP contribution in [0.4, 0.5) is 0 Å². The summed E-state index contributed by atoms with van der Waals surface area (Å²) in [6.07, 6.45) is 25.4. The number of pyridine rings is 1. The third kappa shape index (κ3) is 6.11. The summed E-state index contributed by atoms with van der Waals surface area (Å²) in [6.45, 7) is 0. The fraction of sp³-hybridized carbons (Fsp3) is 0.109. The van der Waals surface area contributed by atoms with Gasteiger partial charge in [-0.05, 0) is 97.7 Å². The number of allylic oxidation sites excluding steroid dienone is 9. The van der Waals surface area contributed by atoms with Crippen molar-refractivity contribution in [3.63, 3.8) is 0 Å². The molecule has 0 amide bonds. The molecule has 0 N–H and O–H groups in total. The lowest BCUT2D eigenvalue weighted by Crippen LogP contribution is -2.41. The molecule has 3 unspecified atom stereocenters. The number of aromatic nitrogens is 3. The van der Waals surface area contributed by atoms with Gasteiger partial charge < -0.3 is 0 Å². The van der Waals surface area contributed by atoms with E-state index in [1.54, 1.807) is 0 Å². The first-order valence-corrected chi connectivity index (χ1v) is 20.5. The minimum absolute atomic E-state index is 0.000613. The number of rotatable bonds is 6. The molecule has 4 aliphatic rings. The molecule has 276 valence electrons. The van der Waals surface area contributed by atoms with Crippen LogP contribution in [-0.4, -0.2) is 15.0 Å². The van der Waals surface area contributed by atoms with E-state index in [1.807, 2.05) is 18.5 Å². The molecule has 11 rings (SSSR count). The highest BCUT2D eigenvalue weighted by molar-refractivity contribution is 5.96. The van der Waals surface area contributed by atoms with Crippen molar-refractivity contribution in [3.05, 3.63) is 227 Å². The number of aryl methyl sites for hydroxylation is 1. The zero-order valence-electron chi connectivity index (χ0n) is 32.2. The second-order valence-corrected chi connectivity index (χ2v) is 15.8. The van der Waals surface area contributed by atoms with Gasteiger partial charge in [0.05, 0.1) is 11.4 Å².